The lowest BCUT2D eigenvalue weighted by Crippen LogP contribution is -2.25. The molecule has 0 amide bonds. The van der Waals surface area contributed by atoms with E-state index >= 15 is 0 Å². The number of oxazole rings is 1. The minimum atomic E-state index is 0.269. The van der Waals surface area contributed by atoms with Gasteiger partial charge in [0.15, 0.2) is 6.39 Å². The van der Waals surface area contributed by atoms with Gasteiger partial charge in [-0.05, 0) is 31.7 Å². The van der Waals surface area contributed by atoms with E-state index in [-0.39, 0.29) is 5.41 Å². The summed E-state index contributed by atoms with van der Waals surface area (Å²) in [7, 11) is 0. The molecule has 1 fully saturated rings. The zero-order chi connectivity index (χ0) is 13.0. The predicted molar refractivity (Wildman–Crippen MR) is 73.5 cm³/mol. The first-order valence-electron chi connectivity index (χ1n) is 7.31. The van der Waals surface area contributed by atoms with E-state index in [4.69, 9.17) is 4.42 Å². The van der Waals surface area contributed by atoms with Gasteiger partial charge >= 0.3 is 0 Å². The van der Waals surface area contributed by atoms with E-state index in [1.165, 1.54) is 32.1 Å². The lowest BCUT2D eigenvalue weighted by molar-refractivity contribution is 0.324. The Bertz CT molecular complexity index is 364. The van der Waals surface area contributed by atoms with Crippen LogP contribution in [0.3, 0.4) is 0 Å². The molecule has 3 nitrogen and oxygen atoms in total. The standard InChI is InChI=1S/C15H26N2O/c1-4-15(7-5-6-8-15)14-13(17-11-18-14)10-16-9-12(2)3/h11-12,16H,4-10H2,1-3H3. The van der Waals surface area contributed by atoms with E-state index in [2.05, 4.69) is 31.1 Å². The van der Waals surface area contributed by atoms with E-state index in [1.54, 1.807) is 6.39 Å². The fourth-order valence-electron chi connectivity index (χ4n) is 3.10. The van der Waals surface area contributed by atoms with Crippen molar-refractivity contribution in [1.82, 2.24) is 10.3 Å². The van der Waals surface area contributed by atoms with Crippen LogP contribution in [0.1, 0.15) is 64.3 Å². The average Bonchev–Trinajstić information content (AvgIpc) is 2.96. The van der Waals surface area contributed by atoms with Crippen LogP contribution in [-0.4, -0.2) is 11.5 Å². The van der Waals surface area contributed by atoms with Crippen molar-refractivity contribution in [2.45, 2.75) is 64.8 Å². The van der Waals surface area contributed by atoms with Gasteiger partial charge in [0.05, 0.1) is 5.69 Å². The lowest BCUT2D eigenvalue weighted by Gasteiger charge is -2.25. The van der Waals surface area contributed by atoms with Crippen LogP contribution in [0.5, 0.6) is 0 Å². The molecule has 0 bridgehead atoms. The summed E-state index contributed by atoms with van der Waals surface area (Å²) < 4.78 is 5.75. The van der Waals surface area contributed by atoms with Gasteiger partial charge in [0.25, 0.3) is 0 Å². The number of hydrogen-bond acceptors (Lipinski definition) is 3. The van der Waals surface area contributed by atoms with Crippen molar-refractivity contribution in [3.05, 3.63) is 17.8 Å². The number of rotatable bonds is 6. The minimum Gasteiger partial charge on any atom is -0.448 e. The molecule has 0 saturated heterocycles. The maximum Gasteiger partial charge on any atom is 0.181 e. The van der Waals surface area contributed by atoms with Crippen LogP contribution >= 0.6 is 0 Å². The van der Waals surface area contributed by atoms with E-state index in [1.807, 2.05) is 0 Å². The van der Waals surface area contributed by atoms with Crippen molar-refractivity contribution in [3.8, 4) is 0 Å². The van der Waals surface area contributed by atoms with E-state index in [9.17, 15) is 0 Å². The van der Waals surface area contributed by atoms with Gasteiger partial charge in [-0.15, -0.1) is 0 Å². The van der Waals surface area contributed by atoms with Crippen LogP contribution in [0.15, 0.2) is 10.8 Å². The molecule has 0 aliphatic heterocycles. The van der Waals surface area contributed by atoms with E-state index < -0.39 is 0 Å². The van der Waals surface area contributed by atoms with Crippen LogP contribution in [-0.2, 0) is 12.0 Å². The topological polar surface area (TPSA) is 38.1 Å². The van der Waals surface area contributed by atoms with E-state index in [0.717, 1.165) is 24.5 Å². The average molecular weight is 250 g/mol. The van der Waals surface area contributed by atoms with Gasteiger partial charge in [0.1, 0.15) is 5.76 Å². The molecule has 2 rings (SSSR count). The third-order valence-corrected chi connectivity index (χ3v) is 4.21. The third-order valence-electron chi connectivity index (χ3n) is 4.21. The second-order valence-electron chi connectivity index (χ2n) is 5.99. The molecule has 0 aromatic carbocycles. The van der Waals surface area contributed by atoms with Gasteiger partial charge in [0.2, 0.25) is 0 Å². The Morgan fingerprint density at radius 2 is 2.11 bits per heavy atom. The molecule has 1 aliphatic rings. The summed E-state index contributed by atoms with van der Waals surface area (Å²) in [4.78, 5) is 4.42. The molecule has 1 aromatic heterocycles. The molecule has 1 saturated carbocycles. The highest BCUT2D eigenvalue weighted by Gasteiger charge is 2.38. The Kier molecular flexibility index (Phi) is 4.44. The Balaban J connectivity index is 2.06. The third kappa shape index (κ3) is 2.77. The highest BCUT2D eigenvalue weighted by Crippen LogP contribution is 2.44. The Morgan fingerprint density at radius 3 is 2.72 bits per heavy atom. The fraction of sp³-hybridized carbons (Fsp3) is 0.800. The summed E-state index contributed by atoms with van der Waals surface area (Å²) in [5.41, 5.74) is 1.39. The second kappa shape index (κ2) is 5.87. The largest absolute Gasteiger partial charge is 0.448 e. The zero-order valence-electron chi connectivity index (χ0n) is 12.0. The summed E-state index contributed by atoms with van der Waals surface area (Å²) in [5.74, 6) is 1.82. The van der Waals surface area contributed by atoms with Crippen molar-refractivity contribution in [2.75, 3.05) is 6.54 Å². The van der Waals surface area contributed by atoms with Crippen molar-refractivity contribution < 1.29 is 4.42 Å². The Labute approximate surface area is 110 Å². The van der Waals surface area contributed by atoms with Gasteiger partial charge in [-0.25, -0.2) is 4.98 Å². The molecule has 3 heteroatoms. The SMILES string of the molecule is CCC1(c2ocnc2CNCC(C)C)CCCC1. The van der Waals surface area contributed by atoms with Gasteiger partial charge in [0, 0.05) is 12.0 Å². The monoisotopic (exact) mass is 250 g/mol. The van der Waals surface area contributed by atoms with Crippen molar-refractivity contribution >= 4 is 0 Å². The van der Waals surface area contributed by atoms with Gasteiger partial charge in [-0.3, -0.25) is 0 Å². The van der Waals surface area contributed by atoms with Crippen LogP contribution in [0.25, 0.3) is 0 Å². The maximum atomic E-state index is 5.75. The summed E-state index contributed by atoms with van der Waals surface area (Å²) >= 11 is 0. The molecule has 0 atom stereocenters. The van der Waals surface area contributed by atoms with Crippen LogP contribution in [0, 0.1) is 5.92 Å². The zero-order valence-corrected chi connectivity index (χ0v) is 12.0. The minimum absolute atomic E-state index is 0.269. The smallest absolute Gasteiger partial charge is 0.181 e. The first-order chi connectivity index (χ1) is 8.68. The van der Waals surface area contributed by atoms with Gasteiger partial charge < -0.3 is 9.73 Å². The lowest BCUT2D eigenvalue weighted by atomic mass is 9.80. The Morgan fingerprint density at radius 1 is 1.39 bits per heavy atom. The summed E-state index contributed by atoms with van der Waals surface area (Å²) in [6.45, 7) is 8.60. The normalized spacial score (nSPS) is 18.7. The molecule has 1 aliphatic carbocycles. The predicted octanol–water partition coefficient (Wildman–Crippen LogP) is 3.64. The van der Waals surface area contributed by atoms with E-state index in [0.29, 0.717) is 5.92 Å². The first kappa shape index (κ1) is 13.6. The molecule has 1 heterocycles. The molecule has 0 radical (unpaired) electrons. The Hall–Kier alpha value is -0.830. The number of nitrogens with one attached hydrogen (secondary N) is 1. The van der Waals surface area contributed by atoms with Crippen molar-refractivity contribution in [2.24, 2.45) is 5.92 Å². The van der Waals surface area contributed by atoms with Crippen LogP contribution < -0.4 is 5.32 Å². The summed E-state index contributed by atoms with van der Waals surface area (Å²) in [5, 5.41) is 3.47. The number of aromatic nitrogens is 1. The summed E-state index contributed by atoms with van der Waals surface area (Å²) in [6, 6.07) is 0. The number of hydrogen-bond donors (Lipinski definition) is 1. The molecule has 1 aromatic rings. The number of nitrogens with zero attached hydrogens (tertiary/aromatic N) is 1. The highest BCUT2D eigenvalue weighted by molar-refractivity contribution is 5.21. The molecule has 0 unspecified atom stereocenters. The molecule has 18 heavy (non-hydrogen) atoms. The highest BCUT2D eigenvalue weighted by atomic mass is 16.3. The van der Waals surface area contributed by atoms with Gasteiger partial charge in [-0.1, -0.05) is 33.6 Å². The van der Waals surface area contributed by atoms with Gasteiger partial charge in [-0.2, -0.15) is 0 Å². The first-order valence-corrected chi connectivity index (χ1v) is 7.31. The second-order valence-corrected chi connectivity index (χ2v) is 5.99. The molecular formula is C15H26N2O. The van der Waals surface area contributed by atoms with Crippen LogP contribution in [0.2, 0.25) is 0 Å². The molecule has 0 spiro atoms. The maximum absolute atomic E-state index is 5.75. The summed E-state index contributed by atoms with van der Waals surface area (Å²) in [6.07, 6.45) is 7.96. The van der Waals surface area contributed by atoms with Crippen molar-refractivity contribution in [1.29, 1.82) is 0 Å². The fourth-order valence-corrected chi connectivity index (χ4v) is 3.10. The van der Waals surface area contributed by atoms with Crippen LogP contribution in [0.4, 0.5) is 0 Å². The molecule has 1 N–H and O–H groups in total. The molecular weight excluding hydrogens is 224 g/mol. The van der Waals surface area contributed by atoms with Crippen molar-refractivity contribution in [3.63, 3.8) is 0 Å². The molecule has 102 valence electrons. The quantitative estimate of drug-likeness (QED) is 0.837.